The summed E-state index contributed by atoms with van der Waals surface area (Å²) in [6.45, 7) is 5.12. The van der Waals surface area contributed by atoms with Gasteiger partial charge in [-0.3, -0.25) is 9.69 Å². The summed E-state index contributed by atoms with van der Waals surface area (Å²) in [6.07, 6.45) is 1.88. The summed E-state index contributed by atoms with van der Waals surface area (Å²) in [4.78, 5) is 16.9. The SMILES string of the molecule is Cl.N#Cc1ccc2c(c1)CCN2C(=O)CCN1CC2CNCC(C1)O2. The fourth-order valence-electron chi connectivity index (χ4n) is 3.94. The number of amides is 1. The molecule has 0 aromatic heterocycles. The van der Waals surface area contributed by atoms with Crippen LogP contribution in [-0.4, -0.2) is 62.3 Å². The van der Waals surface area contributed by atoms with Gasteiger partial charge in [-0.1, -0.05) is 0 Å². The van der Waals surface area contributed by atoms with Crippen molar-refractivity contribution in [2.75, 3.05) is 44.2 Å². The van der Waals surface area contributed by atoms with Crippen molar-refractivity contribution in [1.29, 1.82) is 5.26 Å². The van der Waals surface area contributed by atoms with E-state index in [2.05, 4.69) is 16.3 Å². The number of nitrogens with one attached hydrogen (secondary N) is 1. The number of hydrogen-bond donors (Lipinski definition) is 1. The van der Waals surface area contributed by atoms with Crippen molar-refractivity contribution in [2.45, 2.75) is 25.0 Å². The van der Waals surface area contributed by atoms with Crippen molar-refractivity contribution in [1.82, 2.24) is 10.2 Å². The monoisotopic (exact) mass is 362 g/mol. The molecule has 4 rings (SSSR count). The first-order chi connectivity index (χ1) is 11.7. The van der Waals surface area contributed by atoms with Crippen LogP contribution in [0.25, 0.3) is 0 Å². The molecule has 7 heteroatoms. The quantitative estimate of drug-likeness (QED) is 0.866. The Hall–Kier alpha value is -1.65. The maximum absolute atomic E-state index is 12.6. The molecule has 2 unspecified atom stereocenters. The molecule has 2 fully saturated rings. The van der Waals surface area contributed by atoms with Crippen LogP contribution in [0.2, 0.25) is 0 Å². The van der Waals surface area contributed by atoms with Crippen molar-refractivity contribution in [3.8, 4) is 6.07 Å². The van der Waals surface area contributed by atoms with Gasteiger partial charge in [-0.15, -0.1) is 12.4 Å². The van der Waals surface area contributed by atoms with Gasteiger partial charge >= 0.3 is 0 Å². The zero-order valence-corrected chi connectivity index (χ0v) is 14.9. The third-order valence-electron chi connectivity index (χ3n) is 5.10. The molecule has 1 aromatic rings. The van der Waals surface area contributed by atoms with Crippen LogP contribution in [0.4, 0.5) is 5.69 Å². The Balaban J connectivity index is 0.00000182. The lowest BCUT2D eigenvalue weighted by Gasteiger charge is -2.41. The second-order valence-electron chi connectivity index (χ2n) is 6.80. The van der Waals surface area contributed by atoms with Crippen molar-refractivity contribution < 1.29 is 9.53 Å². The molecule has 1 aromatic carbocycles. The summed E-state index contributed by atoms with van der Waals surface area (Å²) < 4.78 is 5.90. The van der Waals surface area contributed by atoms with E-state index in [9.17, 15) is 4.79 Å². The standard InChI is InChI=1S/C18H22N4O2.ClH/c19-8-13-1-2-17-14(7-13)3-6-22(17)18(23)4-5-21-11-15-9-20-10-16(12-21)24-15;/h1-2,7,15-16,20H,3-6,9-12H2;1H. The minimum atomic E-state index is 0. The number of rotatable bonds is 3. The summed E-state index contributed by atoms with van der Waals surface area (Å²) in [7, 11) is 0. The first-order valence-electron chi connectivity index (χ1n) is 8.65. The van der Waals surface area contributed by atoms with Gasteiger partial charge in [-0.05, 0) is 30.2 Å². The third kappa shape index (κ3) is 3.80. The smallest absolute Gasteiger partial charge is 0.228 e. The lowest BCUT2D eigenvalue weighted by atomic mass is 10.1. The molecule has 1 N–H and O–H groups in total. The fourth-order valence-corrected chi connectivity index (χ4v) is 3.94. The highest BCUT2D eigenvalue weighted by Gasteiger charge is 2.31. The topological polar surface area (TPSA) is 68.6 Å². The molecule has 3 aliphatic rings. The van der Waals surface area contributed by atoms with Crippen LogP contribution in [0, 0.1) is 11.3 Å². The van der Waals surface area contributed by atoms with Crippen molar-refractivity contribution >= 4 is 24.0 Å². The molecule has 0 radical (unpaired) electrons. The molecule has 134 valence electrons. The van der Waals surface area contributed by atoms with Gasteiger partial charge < -0.3 is 15.0 Å². The number of carbonyl (C=O) groups is 1. The van der Waals surface area contributed by atoms with Crippen LogP contribution in [0.5, 0.6) is 0 Å². The molecule has 1 amide bonds. The highest BCUT2D eigenvalue weighted by molar-refractivity contribution is 5.95. The van der Waals surface area contributed by atoms with Gasteiger partial charge in [-0.2, -0.15) is 5.26 Å². The Morgan fingerprint density at radius 1 is 1.32 bits per heavy atom. The minimum Gasteiger partial charge on any atom is -0.370 e. The summed E-state index contributed by atoms with van der Waals surface area (Å²) in [6, 6.07) is 7.76. The molecule has 0 aliphatic carbocycles. The summed E-state index contributed by atoms with van der Waals surface area (Å²) in [5.74, 6) is 0.174. The lowest BCUT2D eigenvalue weighted by Crippen LogP contribution is -2.58. The van der Waals surface area contributed by atoms with Gasteiger partial charge in [0.2, 0.25) is 5.91 Å². The molecule has 6 nitrogen and oxygen atoms in total. The van der Waals surface area contributed by atoms with E-state index in [1.165, 1.54) is 0 Å². The number of fused-ring (bicyclic) bond motifs is 3. The van der Waals surface area contributed by atoms with Crippen LogP contribution in [0.15, 0.2) is 18.2 Å². The van der Waals surface area contributed by atoms with Gasteiger partial charge in [0.1, 0.15) is 0 Å². The summed E-state index contributed by atoms with van der Waals surface area (Å²) in [5.41, 5.74) is 2.74. The van der Waals surface area contributed by atoms with E-state index in [4.69, 9.17) is 10.00 Å². The fraction of sp³-hybridized carbons (Fsp3) is 0.556. The van der Waals surface area contributed by atoms with Crippen LogP contribution < -0.4 is 10.2 Å². The Bertz CT molecular complexity index is 678. The van der Waals surface area contributed by atoms with E-state index in [0.29, 0.717) is 12.0 Å². The number of carbonyl (C=O) groups excluding carboxylic acids is 1. The van der Waals surface area contributed by atoms with Gasteiger partial charge in [0.25, 0.3) is 0 Å². The predicted octanol–water partition coefficient (Wildman–Crippen LogP) is 0.932. The van der Waals surface area contributed by atoms with Gasteiger partial charge in [0, 0.05) is 51.4 Å². The van der Waals surface area contributed by atoms with Crippen LogP contribution in [0.1, 0.15) is 17.5 Å². The molecule has 3 aliphatic heterocycles. The molecule has 0 spiro atoms. The number of halogens is 1. The second-order valence-corrected chi connectivity index (χ2v) is 6.80. The van der Waals surface area contributed by atoms with E-state index in [1.807, 2.05) is 17.0 Å². The molecule has 2 saturated heterocycles. The number of hydrogen-bond acceptors (Lipinski definition) is 5. The van der Waals surface area contributed by atoms with E-state index >= 15 is 0 Å². The first-order valence-corrected chi connectivity index (χ1v) is 8.65. The van der Waals surface area contributed by atoms with Crippen molar-refractivity contribution in [2.24, 2.45) is 0 Å². The van der Waals surface area contributed by atoms with E-state index in [1.54, 1.807) is 6.07 Å². The number of benzene rings is 1. The Morgan fingerprint density at radius 3 is 2.80 bits per heavy atom. The maximum atomic E-state index is 12.6. The van der Waals surface area contributed by atoms with Crippen molar-refractivity contribution in [3.63, 3.8) is 0 Å². The van der Waals surface area contributed by atoms with Gasteiger partial charge in [-0.25, -0.2) is 0 Å². The average molecular weight is 363 g/mol. The normalized spacial score (nSPS) is 25.0. The first kappa shape index (κ1) is 18.2. The summed E-state index contributed by atoms with van der Waals surface area (Å²) in [5, 5.41) is 12.4. The Morgan fingerprint density at radius 2 is 2.08 bits per heavy atom. The number of anilines is 1. The zero-order chi connectivity index (χ0) is 16.5. The summed E-state index contributed by atoms with van der Waals surface area (Å²) >= 11 is 0. The molecular formula is C18H23ClN4O2. The highest BCUT2D eigenvalue weighted by atomic mass is 35.5. The van der Waals surface area contributed by atoms with E-state index in [-0.39, 0.29) is 30.5 Å². The zero-order valence-electron chi connectivity index (χ0n) is 14.1. The Labute approximate surface area is 154 Å². The molecule has 2 bridgehead atoms. The number of nitrogens with zero attached hydrogens (tertiary/aromatic N) is 3. The number of morpholine rings is 2. The molecular weight excluding hydrogens is 340 g/mol. The van der Waals surface area contributed by atoms with Crippen LogP contribution >= 0.6 is 12.4 Å². The number of nitriles is 1. The Kier molecular flexibility index (Phi) is 5.60. The van der Waals surface area contributed by atoms with E-state index < -0.39 is 0 Å². The molecule has 0 saturated carbocycles. The molecule has 3 heterocycles. The lowest BCUT2D eigenvalue weighted by molar-refractivity contribution is -0.121. The van der Waals surface area contributed by atoms with Crippen LogP contribution in [-0.2, 0) is 16.0 Å². The molecule has 25 heavy (non-hydrogen) atoms. The van der Waals surface area contributed by atoms with E-state index in [0.717, 1.165) is 56.9 Å². The maximum Gasteiger partial charge on any atom is 0.228 e. The largest absolute Gasteiger partial charge is 0.370 e. The average Bonchev–Trinajstić information content (AvgIpc) is 3.02. The minimum absolute atomic E-state index is 0. The number of ether oxygens (including phenoxy) is 1. The predicted molar refractivity (Wildman–Crippen MR) is 97.0 cm³/mol. The van der Waals surface area contributed by atoms with Gasteiger partial charge in [0.05, 0.1) is 23.8 Å². The van der Waals surface area contributed by atoms with Gasteiger partial charge in [0.15, 0.2) is 0 Å². The van der Waals surface area contributed by atoms with Crippen molar-refractivity contribution in [3.05, 3.63) is 29.3 Å². The second kappa shape index (κ2) is 7.71. The third-order valence-corrected chi connectivity index (χ3v) is 5.10. The highest BCUT2D eigenvalue weighted by Crippen LogP contribution is 2.29. The van der Waals surface area contributed by atoms with Crippen LogP contribution in [0.3, 0.4) is 0 Å². The molecule has 2 atom stereocenters.